The molecule has 0 aromatic rings. The fourth-order valence-corrected chi connectivity index (χ4v) is 3.43. The lowest BCUT2D eigenvalue weighted by atomic mass is 9.99. The van der Waals surface area contributed by atoms with Crippen LogP contribution in [-0.4, -0.2) is 82.7 Å². The van der Waals surface area contributed by atoms with Gasteiger partial charge in [-0.2, -0.15) is 11.8 Å². The summed E-state index contributed by atoms with van der Waals surface area (Å²) in [7, 11) is 0. The van der Waals surface area contributed by atoms with Crippen LogP contribution in [0.5, 0.6) is 0 Å². The summed E-state index contributed by atoms with van der Waals surface area (Å²) in [6, 6.07) is -4.25. The van der Waals surface area contributed by atoms with Crippen molar-refractivity contribution in [2.75, 3.05) is 18.6 Å². The lowest BCUT2D eigenvalue weighted by Crippen LogP contribution is -2.58. The maximum Gasteiger partial charge on any atom is 0.328 e. The smallest absolute Gasteiger partial charge is 0.328 e. The van der Waals surface area contributed by atoms with Gasteiger partial charge < -0.3 is 37.6 Å². The molecule has 9 N–H and O–H groups in total. The number of carbonyl (C=O) groups excluding carboxylic acids is 3. The normalized spacial score (nSPS) is 16.6. The first-order valence-corrected chi connectivity index (χ1v) is 12.7. The number of carboxylic acid groups (broad SMARTS) is 1. The summed E-state index contributed by atoms with van der Waals surface area (Å²) < 4.78 is 0. The number of aliphatic carboxylic acids is 1. The Morgan fingerprint density at radius 3 is 1.97 bits per heavy atom. The van der Waals surface area contributed by atoms with Gasteiger partial charge in [0.25, 0.3) is 0 Å². The van der Waals surface area contributed by atoms with Crippen molar-refractivity contribution in [3.63, 3.8) is 0 Å². The molecular formula is C21H41N5O6S. The number of hydrogen-bond acceptors (Lipinski definition) is 8. The second-order valence-corrected chi connectivity index (χ2v) is 9.15. The summed E-state index contributed by atoms with van der Waals surface area (Å²) in [5.41, 5.74) is 11.5. The molecule has 6 atom stereocenters. The lowest BCUT2D eigenvalue weighted by Gasteiger charge is -2.26. The molecule has 0 aliphatic heterocycles. The molecule has 0 aliphatic rings. The molecule has 0 saturated heterocycles. The number of thioether (sulfide) groups is 1. The molecule has 0 aromatic carbocycles. The number of nitrogens with two attached hydrogens (primary N) is 2. The van der Waals surface area contributed by atoms with Crippen molar-refractivity contribution in [2.24, 2.45) is 17.4 Å². The van der Waals surface area contributed by atoms with E-state index in [4.69, 9.17) is 11.5 Å². The molecule has 0 bridgehead atoms. The van der Waals surface area contributed by atoms with E-state index in [1.165, 1.54) is 18.7 Å². The van der Waals surface area contributed by atoms with Gasteiger partial charge in [0.1, 0.15) is 12.1 Å². The molecule has 0 saturated carbocycles. The Kier molecular flexibility index (Phi) is 15.7. The molecule has 3 amide bonds. The van der Waals surface area contributed by atoms with E-state index in [0.717, 1.165) is 0 Å². The van der Waals surface area contributed by atoms with Crippen molar-refractivity contribution >= 4 is 35.5 Å². The van der Waals surface area contributed by atoms with Gasteiger partial charge in [-0.05, 0) is 57.1 Å². The predicted octanol–water partition coefficient (Wildman–Crippen LogP) is -0.838. The van der Waals surface area contributed by atoms with E-state index in [9.17, 15) is 29.4 Å². The minimum Gasteiger partial charge on any atom is -0.480 e. The van der Waals surface area contributed by atoms with E-state index in [2.05, 4.69) is 16.0 Å². The van der Waals surface area contributed by atoms with E-state index in [0.29, 0.717) is 38.0 Å². The Labute approximate surface area is 200 Å². The Balaban J connectivity index is 5.49. The van der Waals surface area contributed by atoms with Gasteiger partial charge in [0.05, 0.1) is 12.1 Å². The van der Waals surface area contributed by atoms with Crippen molar-refractivity contribution in [3.8, 4) is 0 Å². The molecule has 0 spiro atoms. The highest BCUT2D eigenvalue weighted by molar-refractivity contribution is 7.98. The van der Waals surface area contributed by atoms with Crippen molar-refractivity contribution < 1.29 is 29.4 Å². The summed E-state index contributed by atoms with van der Waals surface area (Å²) in [6.07, 6.45) is 2.91. The SMILES string of the molecule is CCC(C)C(N)C(=O)NC(CCSC)C(=O)NC(CCCCN)C(=O)NC(C(=O)O)C(C)O. The van der Waals surface area contributed by atoms with Gasteiger partial charge in [-0.3, -0.25) is 14.4 Å². The zero-order valence-corrected chi connectivity index (χ0v) is 20.8. The van der Waals surface area contributed by atoms with Gasteiger partial charge in [-0.25, -0.2) is 4.79 Å². The number of hydrogen-bond donors (Lipinski definition) is 7. The molecule has 0 aromatic heterocycles. The quantitative estimate of drug-likeness (QED) is 0.127. The van der Waals surface area contributed by atoms with Gasteiger partial charge in [-0.1, -0.05) is 20.3 Å². The van der Waals surface area contributed by atoms with Crippen molar-refractivity contribution in [2.45, 2.75) is 83.1 Å². The fourth-order valence-electron chi connectivity index (χ4n) is 2.96. The Morgan fingerprint density at radius 1 is 0.939 bits per heavy atom. The summed E-state index contributed by atoms with van der Waals surface area (Å²) in [5.74, 6) is -2.63. The number of aliphatic hydroxyl groups is 1. The number of aliphatic hydroxyl groups excluding tert-OH is 1. The number of rotatable bonds is 17. The summed E-state index contributed by atoms with van der Waals surface area (Å²) in [5, 5.41) is 26.5. The summed E-state index contributed by atoms with van der Waals surface area (Å²) >= 11 is 1.50. The highest BCUT2D eigenvalue weighted by Gasteiger charge is 2.32. The van der Waals surface area contributed by atoms with Crippen LogP contribution in [-0.2, 0) is 19.2 Å². The van der Waals surface area contributed by atoms with Gasteiger partial charge in [0, 0.05) is 0 Å². The summed E-state index contributed by atoms with van der Waals surface area (Å²) in [6.45, 7) is 5.40. The minimum absolute atomic E-state index is 0.0718. The van der Waals surface area contributed by atoms with Crippen molar-refractivity contribution in [1.29, 1.82) is 0 Å². The highest BCUT2D eigenvalue weighted by Crippen LogP contribution is 2.09. The van der Waals surface area contributed by atoms with Crippen LogP contribution in [0.4, 0.5) is 0 Å². The van der Waals surface area contributed by atoms with Crippen LogP contribution in [0.1, 0.15) is 52.9 Å². The van der Waals surface area contributed by atoms with Crippen molar-refractivity contribution in [3.05, 3.63) is 0 Å². The van der Waals surface area contributed by atoms with E-state index < -0.39 is 54.0 Å². The van der Waals surface area contributed by atoms with Crippen LogP contribution in [0.25, 0.3) is 0 Å². The zero-order valence-electron chi connectivity index (χ0n) is 20.0. The van der Waals surface area contributed by atoms with Crippen LogP contribution in [0, 0.1) is 5.92 Å². The first-order valence-electron chi connectivity index (χ1n) is 11.3. The second-order valence-electron chi connectivity index (χ2n) is 8.16. The van der Waals surface area contributed by atoms with Gasteiger partial charge in [0.15, 0.2) is 6.04 Å². The molecule has 0 rings (SSSR count). The molecular weight excluding hydrogens is 450 g/mol. The zero-order chi connectivity index (χ0) is 25.6. The molecule has 0 heterocycles. The maximum atomic E-state index is 13.0. The monoisotopic (exact) mass is 491 g/mol. The van der Waals surface area contributed by atoms with E-state index in [-0.39, 0.29) is 12.3 Å². The van der Waals surface area contributed by atoms with Gasteiger partial charge >= 0.3 is 5.97 Å². The van der Waals surface area contributed by atoms with Crippen LogP contribution in [0.3, 0.4) is 0 Å². The molecule has 12 heteroatoms. The highest BCUT2D eigenvalue weighted by atomic mass is 32.2. The third-order valence-corrected chi connectivity index (χ3v) is 6.07. The first-order chi connectivity index (χ1) is 15.5. The largest absolute Gasteiger partial charge is 0.480 e. The van der Waals surface area contributed by atoms with Crippen LogP contribution >= 0.6 is 11.8 Å². The van der Waals surface area contributed by atoms with Crippen LogP contribution in [0.15, 0.2) is 0 Å². The number of nitrogens with one attached hydrogen (secondary N) is 3. The standard InChI is InChI=1S/C21H41N5O6S/c1-5-12(2)16(23)20(30)25-15(9-11-33-4)18(28)24-14(8-6-7-10-22)19(29)26-17(13(3)27)21(31)32/h12-17,27H,5-11,22-23H2,1-4H3,(H,24,28)(H,25,30)(H,26,29)(H,31,32). The molecule has 0 fully saturated rings. The molecule has 33 heavy (non-hydrogen) atoms. The fraction of sp³-hybridized carbons (Fsp3) is 0.810. The number of amides is 3. The average Bonchev–Trinajstić information content (AvgIpc) is 2.77. The van der Waals surface area contributed by atoms with Crippen LogP contribution < -0.4 is 27.4 Å². The van der Waals surface area contributed by atoms with Crippen LogP contribution in [0.2, 0.25) is 0 Å². The second kappa shape index (κ2) is 16.7. The minimum atomic E-state index is -1.52. The molecule has 0 radical (unpaired) electrons. The Morgan fingerprint density at radius 2 is 1.48 bits per heavy atom. The van der Waals surface area contributed by atoms with E-state index >= 15 is 0 Å². The molecule has 11 nitrogen and oxygen atoms in total. The number of carboxylic acids is 1. The predicted molar refractivity (Wildman–Crippen MR) is 128 cm³/mol. The van der Waals surface area contributed by atoms with Gasteiger partial charge in [-0.15, -0.1) is 0 Å². The van der Waals surface area contributed by atoms with Gasteiger partial charge in [0.2, 0.25) is 17.7 Å². The summed E-state index contributed by atoms with van der Waals surface area (Å²) in [4.78, 5) is 49.6. The molecule has 0 aliphatic carbocycles. The number of carbonyl (C=O) groups is 4. The lowest BCUT2D eigenvalue weighted by molar-refractivity contribution is -0.145. The Hall–Kier alpha value is -1.89. The third kappa shape index (κ3) is 11.7. The van der Waals surface area contributed by atoms with Crippen molar-refractivity contribution in [1.82, 2.24) is 16.0 Å². The topological polar surface area (TPSA) is 197 Å². The maximum absolute atomic E-state index is 13.0. The molecule has 6 unspecified atom stereocenters. The Bertz CT molecular complexity index is 636. The van der Waals surface area contributed by atoms with E-state index in [1.807, 2.05) is 20.1 Å². The molecule has 192 valence electrons. The number of unbranched alkanes of at least 4 members (excludes halogenated alkanes) is 1. The third-order valence-electron chi connectivity index (χ3n) is 5.43. The first kappa shape index (κ1) is 31.1. The van der Waals surface area contributed by atoms with E-state index in [1.54, 1.807) is 0 Å². The average molecular weight is 492 g/mol.